The Morgan fingerprint density at radius 3 is 0.682 bits per heavy atom. The summed E-state index contributed by atoms with van der Waals surface area (Å²) in [5, 5.41) is 30.3. The van der Waals surface area contributed by atoms with Crippen molar-refractivity contribution in [2.45, 2.75) is 38.5 Å². The molecular weight excluding hydrogens is 1050 g/mol. The third-order valence-corrected chi connectivity index (χ3v) is 9.04. The largest absolute Gasteiger partial charge is 2.00 e. The quantitative estimate of drug-likeness (QED) is 0.134. The van der Waals surface area contributed by atoms with Crippen LogP contribution >= 0.6 is 0 Å². The van der Waals surface area contributed by atoms with Gasteiger partial charge in [-0.05, 0) is 52.6 Å². The molecule has 0 aromatic heterocycles. The van der Waals surface area contributed by atoms with Crippen LogP contribution in [0.2, 0.25) is 0 Å². The first-order valence-electron chi connectivity index (χ1n) is 20.5. The summed E-state index contributed by atoms with van der Waals surface area (Å²) in [6.07, 6.45) is 28.9. The van der Waals surface area contributed by atoms with E-state index in [1.165, 1.54) is 69.8 Å². The van der Waals surface area contributed by atoms with Gasteiger partial charge in [0.2, 0.25) is 0 Å². The van der Waals surface area contributed by atoms with Crippen molar-refractivity contribution in [3.8, 4) is 0 Å². The predicted molar refractivity (Wildman–Crippen MR) is 244 cm³/mol. The van der Waals surface area contributed by atoms with Crippen molar-refractivity contribution in [3.63, 3.8) is 0 Å². The van der Waals surface area contributed by atoms with Crippen LogP contribution in [-0.2, 0) is 97.9 Å². The number of aromatic carboxylic acids is 3. The number of carbonyl (C=O) groups excluding carboxylic acids is 3. The molecule has 3 aliphatic carbocycles. The third-order valence-electron chi connectivity index (χ3n) is 9.04. The van der Waals surface area contributed by atoms with E-state index in [0.717, 1.165) is 38.5 Å². The van der Waals surface area contributed by atoms with Crippen LogP contribution in [0.25, 0.3) is 0 Å². The number of hydrogen-bond donors (Lipinski definition) is 0. The molecule has 0 N–H and O–H groups in total. The number of carbonyl (C=O) groups is 3. The Bertz CT molecular complexity index is 2170. The average molecular weight is 1100 g/mol. The molecule has 6 aromatic carbocycles. The Balaban J connectivity index is 0.000000395. The SMILES string of the molecule is O=C([O-])c1ccccc1.O=C([O-])c1ccccc1.O=C([O-])c1ccccc1.[C-]1=C(Cc2ccccc2)C=CC1.[C-]1=C(Cc2ccccc2)C=CC1.[C-]1=C(Cc2ccccc2)C=CC1.[Zr+2].[Zr+2].[Zr+2]. The van der Waals surface area contributed by atoms with Crippen molar-refractivity contribution in [1.82, 2.24) is 0 Å². The molecular formula is C57H48O6Zr3. The average Bonchev–Trinajstić information content (AvgIpc) is 4.16. The van der Waals surface area contributed by atoms with Gasteiger partial charge >= 0.3 is 78.6 Å². The maximum absolute atomic E-state index is 10.1. The normalized spacial score (nSPS) is 11.7. The Morgan fingerprint density at radius 1 is 0.333 bits per heavy atom. The van der Waals surface area contributed by atoms with Crippen molar-refractivity contribution in [2.75, 3.05) is 0 Å². The first-order valence-corrected chi connectivity index (χ1v) is 20.5. The summed E-state index contributed by atoms with van der Waals surface area (Å²) >= 11 is 0. The van der Waals surface area contributed by atoms with Crippen molar-refractivity contribution in [1.29, 1.82) is 0 Å². The van der Waals surface area contributed by atoms with E-state index in [-0.39, 0.29) is 95.3 Å². The Hall–Kier alpha value is -5.18. The maximum Gasteiger partial charge on any atom is 2.00 e. The molecule has 6 nitrogen and oxygen atoms in total. The zero-order chi connectivity index (χ0) is 44.7. The standard InChI is InChI=1S/3C12H11.3C7H6O2.3Zr/c3*1-2-6-11(7-3-1)10-12-8-4-5-9-12;3*8-7(9)6-4-2-1-3-5-6;;;/h3*1-4,6-8H,5,10H2;3*1-5H,(H,8,9);;;/q3*-1;;;;3*+2/p-3. The van der Waals surface area contributed by atoms with Crippen LogP contribution < -0.4 is 15.3 Å². The molecule has 0 atom stereocenters. The van der Waals surface area contributed by atoms with Gasteiger partial charge < -0.3 is 29.7 Å². The van der Waals surface area contributed by atoms with Crippen LogP contribution in [0.4, 0.5) is 0 Å². The Kier molecular flexibility index (Phi) is 32.1. The number of rotatable bonds is 9. The Labute approximate surface area is 447 Å². The summed E-state index contributed by atoms with van der Waals surface area (Å²) in [5.41, 5.74) is 8.72. The van der Waals surface area contributed by atoms with Gasteiger partial charge in [0, 0.05) is 0 Å². The second-order valence-corrected chi connectivity index (χ2v) is 13.9. The smallest absolute Gasteiger partial charge is 0.545 e. The summed E-state index contributed by atoms with van der Waals surface area (Å²) in [5.74, 6) is -3.39. The van der Waals surface area contributed by atoms with Gasteiger partial charge in [-0.2, -0.15) is 18.2 Å². The van der Waals surface area contributed by atoms with E-state index >= 15 is 0 Å². The molecule has 6 aromatic rings. The number of carboxylic acids is 3. The molecule has 0 spiro atoms. The number of benzene rings is 6. The van der Waals surface area contributed by atoms with E-state index in [0.29, 0.717) is 0 Å². The topological polar surface area (TPSA) is 120 Å². The van der Waals surface area contributed by atoms with Gasteiger partial charge in [0.1, 0.15) is 0 Å². The summed E-state index contributed by atoms with van der Waals surface area (Å²) in [4.78, 5) is 30.3. The van der Waals surface area contributed by atoms with E-state index in [4.69, 9.17) is 0 Å². The van der Waals surface area contributed by atoms with Crippen LogP contribution in [0.1, 0.15) is 67.0 Å². The minimum Gasteiger partial charge on any atom is -0.545 e. The van der Waals surface area contributed by atoms with Crippen LogP contribution in [0.5, 0.6) is 0 Å². The zero-order valence-corrected chi connectivity index (χ0v) is 43.9. The molecule has 324 valence electrons. The van der Waals surface area contributed by atoms with Crippen molar-refractivity contribution in [3.05, 3.63) is 287 Å². The van der Waals surface area contributed by atoms with Crippen LogP contribution in [0, 0.1) is 18.2 Å². The fourth-order valence-electron chi connectivity index (χ4n) is 5.88. The van der Waals surface area contributed by atoms with Crippen LogP contribution in [-0.4, -0.2) is 17.9 Å². The van der Waals surface area contributed by atoms with Gasteiger partial charge in [-0.25, -0.2) is 34.9 Å². The van der Waals surface area contributed by atoms with Crippen LogP contribution in [0.15, 0.2) is 235 Å². The zero-order valence-electron chi connectivity index (χ0n) is 36.5. The second kappa shape index (κ2) is 36.0. The fraction of sp³-hybridized carbons (Fsp3) is 0.105. The minimum absolute atomic E-state index is 0. The first kappa shape index (κ1) is 58.8. The summed E-state index contributed by atoms with van der Waals surface area (Å²) in [6, 6.07) is 55.7. The van der Waals surface area contributed by atoms with Crippen molar-refractivity contribution in [2.24, 2.45) is 0 Å². The molecule has 9 rings (SSSR count). The fourth-order valence-corrected chi connectivity index (χ4v) is 5.88. The molecule has 0 aliphatic heterocycles. The van der Waals surface area contributed by atoms with Gasteiger partial charge in [0.15, 0.2) is 0 Å². The molecule has 3 aliphatic rings. The van der Waals surface area contributed by atoms with Crippen molar-refractivity contribution >= 4 is 17.9 Å². The minimum atomic E-state index is -1.13. The molecule has 0 saturated heterocycles. The summed E-state index contributed by atoms with van der Waals surface area (Å²) < 4.78 is 0. The van der Waals surface area contributed by atoms with Gasteiger partial charge in [-0.1, -0.05) is 182 Å². The van der Waals surface area contributed by atoms with E-state index in [1.54, 1.807) is 54.6 Å². The van der Waals surface area contributed by atoms with Crippen molar-refractivity contribution < 1.29 is 108 Å². The van der Waals surface area contributed by atoms with Crippen LogP contribution in [0.3, 0.4) is 0 Å². The van der Waals surface area contributed by atoms with Gasteiger partial charge in [0.25, 0.3) is 0 Å². The number of allylic oxidation sites excluding steroid dienone is 12. The first-order chi connectivity index (χ1) is 30.8. The molecule has 0 unspecified atom stereocenters. The second-order valence-electron chi connectivity index (χ2n) is 13.9. The molecule has 0 heterocycles. The van der Waals surface area contributed by atoms with Gasteiger partial charge in [-0.3, -0.25) is 18.2 Å². The summed E-state index contributed by atoms with van der Waals surface area (Å²) in [6.45, 7) is 0. The van der Waals surface area contributed by atoms with Gasteiger partial charge in [-0.15, -0.1) is 19.3 Å². The van der Waals surface area contributed by atoms with E-state index in [2.05, 4.69) is 127 Å². The summed E-state index contributed by atoms with van der Waals surface area (Å²) in [7, 11) is 0. The number of carboxylic acid groups (broad SMARTS) is 3. The third kappa shape index (κ3) is 25.5. The predicted octanol–water partition coefficient (Wildman–Crippen LogP) is 8.90. The molecule has 0 bridgehead atoms. The van der Waals surface area contributed by atoms with E-state index in [1.807, 2.05) is 18.2 Å². The number of hydrogen-bond acceptors (Lipinski definition) is 6. The van der Waals surface area contributed by atoms with E-state index < -0.39 is 17.9 Å². The Morgan fingerprint density at radius 2 is 0.530 bits per heavy atom. The molecule has 0 saturated carbocycles. The maximum atomic E-state index is 10.1. The monoisotopic (exact) mass is 1100 g/mol. The molecule has 0 radical (unpaired) electrons. The molecule has 0 fully saturated rings. The molecule has 9 heteroatoms. The van der Waals surface area contributed by atoms with Gasteiger partial charge in [0.05, 0.1) is 17.9 Å². The molecule has 0 amide bonds. The molecule has 66 heavy (non-hydrogen) atoms. The van der Waals surface area contributed by atoms with E-state index in [9.17, 15) is 29.7 Å².